The van der Waals surface area contributed by atoms with E-state index in [1.54, 1.807) is 11.5 Å². The summed E-state index contributed by atoms with van der Waals surface area (Å²) in [4.78, 5) is 15.8. The third kappa shape index (κ3) is 3.83. The highest BCUT2D eigenvalue weighted by Gasteiger charge is 2.31. The average molecular weight is 375 g/mol. The molecule has 1 saturated carbocycles. The fourth-order valence-corrected chi connectivity index (χ4v) is 5.33. The van der Waals surface area contributed by atoms with Crippen LogP contribution in [0.15, 0.2) is 24.3 Å². The minimum atomic E-state index is -0.117. The highest BCUT2D eigenvalue weighted by Crippen LogP contribution is 2.32. The van der Waals surface area contributed by atoms with Crippen LogP contribution in [0.3, 0.4) is 0 Å². The minimum absolute atomic E-state index is 0.117. The molecule has 1 aliphatic carbocycles. The van der Waals surface area contributed by atoms with Gasteiger partial charge in [-0.3, -0.25) is 15.0 Å². The maximum Gasteiger partial charge on any atom is 0.206 e. The van der Waals surface area contributed by atoms with Gasteiger partial charge >= 0.3 is 0 Å². The van der Waals surface area contributed by atoms with Gasteiger partial charge < -0.3 is 4.90 Å². The SMILES string of the molecule is O=[N+]([O-])C[C@@H]1CCCCC1CN1CCN(c2nsc3ccccc23)CC1. The molecule has 26 heavy (non-hydrogen) atoms. The lowest BCUT2D eigenvalue weighted by atomic mass is 9.79. The van der Waals surface area contributed by atoms with Crippen LogP contribution >= 0.6 is 11.5 Å². The van der Waals surface area contributed by atoms with E-state index in [-0.39, 0.29) is 17.4 Å². The van der Waals surface area contributed by atoms with Crippen LogP contribution in [0, 0.1) is 22.0 Å². The first-order chi connectivity index (χ1) is 12.7. The number of benzene rings is 1. The first kappa shape index (κ1) is 17.7. The predicted octanol–water partition coefficient (Wildman–Crippen LogP) is 3.50. The Kier molecular flexibility index (Phi) is 5.36. The van der Waals surface area contributed by atoms with Gasteiger partial charge in [-0.15, -0.1) is 0 Å². The van der Waals surface area contributed by atoms with Crippen LogP contribution in [0.5, 0.6) is 0 Å². The normalized spacial score (nSPS) is 24.8. The Morgan fingerprint density at radius 2 is 1.85 bits per heavy atom. The molecule has 1 saturated heterocycles. The fourth-order valence-electron chi connectivity index (χ4n) is 4.53. The maximum absolute atomic E-state index is 11.0. The lowest BCUT2D eigenvalue weighted by Crippen LogP contribution is -2.49. The van der Waals surface area contributed by atoms with Crippen molar-refractivity contribution in [3.8, 4) is 0 Å². The zero-order valence-corrected chi connectivity index (χ0v) is 15.9. The number of fused-ring (bicyclic) bond motifs is 1. The molecule has 1 unspecified atom stereocenters. The number of nitrogens with zero attached hydrogens (tertiary/aromatic N) is 4. The molecule has 1 aromatic carbocycles. The van der Waals surface area contributed by atoms with E-state index in [0.29, 0.717) is 5.92 Å². The van der Waals surface area contributed by atoms with Crippen molar-refractivity contribution in [2.75, 3.05) is 44.2 Å². The number of anilines is 1. The van der Waals surface area contributed by atoms with Crippen molar-refractivity contribution in [1.82, 2.24) is 9.27 Å². The van der Waals surface area contributed by atoms with E-state index in [1.807, 2.05) is 0 Å². The van der Waals surface area contributed by atoms with Crippen molar-refractivity contribution in [2.45, 2.75) is 25.7 Å². The third-order valence-corrected chi connectivity index (χ3v) is 6.79. The molecule has 0 spiro atoms. The number of nitro groups is 1. The van der Waals surface area contributed by atoms with E-state index in [2.05, 4.69) is 38.4 Å². The van der Waals surface area contributed by atoms with Crippen LogP contribution in [-0.4, -0.2) is 53.5 Å². The Hall–Kier alpha value is -1.73. The molecule has 2 heterocycles. The van der Waals surface area contributed by atoms with Gasteiger partial charge in [-0.25, -0.2) is 0 Å². The lowest BCUT2D eigenvalue weighted by molar-refractivity contribution is -0.490. The Morgan fingerprint density at radius 3 is 2.62 bits per heavy atom. The smallest absolute Gasteiger partial charge is 0.206 e. The second-order valence-electron chi connectivity index (χ2n) is 7.61. The van der Waals surface area contributed by atoms with E-state index in [4.69, 9.17) is 0 Å². The first-order valence-corrected chi connectivity index (χ1v) is 10.4. The van der Waals surface area contributed by atoms with E-state index in [9.17, 15) is 10.1 Å². The molecule has 4 rings (SSSR count). The summed E-state index contributed by atoms with van der Waals surface area (Å²) < 4.78 is 5.92. The summed E-state index contributed by atoms with van der Waals surface area (Å²) in [7, 11) is 0. The predicted molar refractivity (Wildman–Crippen MR) is 106 cm³/mol. The summed E-state index contributed by atoms with van der Waals surface area (Å²) in [6.07, 6.45) is 4.55. The van der Waals surface area contributed by atoms with E-state index in [0.717, 1.165) is 57.8 Å². The van der Waals surface area contributed by atoms with Crippen LogP contribution in [0.2, 0.25) is 0 Å². The number of rotatable bonds is 5. The largest absolute Gasteiger partial charge is 0.353 e. The van der Waals surface area contributed by atoms with Gasteiger partial charge in [-0.05, 0) is 42.4 Å². The molecule has 0 amide bonds. The van der Waals surface area contributed by atoms with Crippen LogP contribution < -0.4 is 4.90 Å². The number of hydrogen-bond acceptors (Lipinski definition) is 6. The quantitative estimate of drug-likeness (QED) is 0.592. The maximum atomic E-state index is 11.0. The Balaban J connectivity index is 1.35. The van der Waals surface area contributed by atoms with Gasteiger partial charge in [0, 0.05) is 49.0 Å². The molecule has 2 aliphatic rings. The fraction of sp³-hybridized carbons (Fsp3) is 0.632. The average Bonchev–Trinajstić information content (AvgIpc) is 3.08. The van der Waals surface area contributed by atoms with Gasteiger partial charge in [0.05, 0.1) is 4.70 Å². The molecule has 0 radical (unpaired) electrons. The van der Waals surface area contributed by atoms with Gasteiger partial charge in [0.15, 0.2) is 0 Å². The molecule has 0 N–H and O–H groups in total. The molecular weight excluding hydrogens is 348 g/mol. The highest BCUT2D eigenvalue weighted by molar-refractivity contribution is 7.13. The number of aromatic nitrogens is 1. The number of piperazine rings is 1. The summed E-state index contributed by atoms with van der Waals surface area (Å²) in [5, 5.41) is 12.2. The van der Waals surface area contributed by atoms with Crippen molar-refractivity contribution in [1.29, 1.82) is 0 Å². The lowest BCUT2D eigenvalue weighted by Gasteiger charge is -2.39. The zero-order valence-electron chi connectivity index (χ0n) is 15.0. The molecule has 1 aliphatic heterocycles. The standard InChI is InChI=1S/C19H26N4O2S/c24-23(25)14-16-6-2-1-5-15(16)13-21-9-11-22(12-10-21)19-17-7-3-4-8-18(17)26-20-19/h3-4,7-8,15-16H,1-2,5-6,9-14H2/t15?,16-/m0/s1. The molecule has 2 atom stereocenters. The number of hydrogen-bond donors (Lipinski definition) is 0. The third-order valence-electron chi connectivity index (χ3n) is 5.97. The first-order valence-electron chi connectivity index (χ1n) is 9.64. The van der Waals surface area contributed by atoms with Gasteiger partial charge in [0.1, 0.15) is 5.82 Å². The Labute approximate surface area is 158 Å². The van der Waals surface area contributed by atoms with Crippen molar-refractivity contribution in [2.24, 2.45) is 11.8 Å². The highest BCUT2D eigenvalue weighted by atomic mass is 32.1. The van der Waals surface area contributed by atoms with Crippen LogP contribution in [-0.2, 0) is 0 Å². The second kappa shape index (κ2) is 7.88. The Bertz CT molecular complexity index is 757. The molecule has 2 fully saturated rings. The van der Waals surface area contributed by atoms with E-state index in [1.165, 1.54) is 16.5 Å². The molecule has 6 nitrogen and oxygen atoms in total. The van der Waals surface area contributed by atoms with Gasteiger partial charge in [-0.1, -0.05) is 25.0 Å². The van der Waals surface area contributed by atoms with Gasteiger partial charge in [0.25, 0.3) is 0 Å². The minimum Gasteiger partial charge on any atom is -0.353 e. The topological polar surface area (TPSA) is 62.5 Å². The summed E-state index contributed by atoms with van der Waals surface area (Å²) in [6.45, 7) is 5.18. The summed E-state index contributed by atoms with van der Waals surface area (Å²) >= 11 is 1.57. The van der Waals surface area contributed by atoms with Crippen molar-refractivity contribution in [3.63, 3.8) is 0 Å². The van der Waals surface area contributed by atoms with Crippen molar-refractivity contribution >= 4 is 27.4 Å². The van der Waals surface area contributed by atoms with E-state index >= 15 is 0 Å². The summed E-state index contributed by atoms with van der Waals surface area (Å²) in [6, 6.07) is 8.43. The molecule has 140 valence electrons. The molecular formula is C19H26N4O2S. The second-order valence-corrected chi connectivity index (χ2v) is 8.41. The van der Waals surface area contributed by atoms with Crippen molar-refractivity contribution in [3.05, 3.63) is 34.4 Å². The van der Waals surface area contributed by atoms with Crippen LogP contribution in [0.1, 0.15) is 25.7 Å². The van der Waals surface area contributed by atoms with Gasteiger partial charge in [0.2, 0.25) is 6.54 Å². The van der Waals surface area contributed by atoms with E-state index < -0.39 is 0 Å². The molecule has 0 bridgehead atoms. The monoisotopic (exact) mass is 374 g/mol. The molecule has 2 aromatic rings. The summed E-state index contributed by atoms with van der Waals surface area (Å²) in [5.41, 5.74) is 0. The molecule has 7 heteroatoms. The van der Waals surface area contributed by atoms with Crippen LogP contribution in [0.25, 0.3) is 10.1 Å². The molecule has 1 aromatic heterocycles. The Morgan fingerprint density at radius 1 is 1.12 bits per heavy atom. The summed E-state index contributed by atoms with van der Waals surface area (Å²) in [5.74, 6) is 1.87. The van der Waals surface area contributed by atoms with Crippen molar-refractivity contribution < 1.29 is 4.92 Å². The van der Waals surface area contributed by atoms with Crippen LogP contribution in [0.4, 0.5) is 5.82 Å². The zero-order chi connectivity index (χ0) is 17.9. The van der Waals surface area contributed by atoms with Gasteiger partial charge in [-0.2, -0.15) is 4.37 Å².